The van der Waals surface area contributed by atoms with Crippen molar-refractivity contribution in [3.8, 4) is 0 Å². The van der Waals surface area contributed by atoms with Gasteiger partial charge in [0.1, 0.15) is 5.69 Å². The lowest BCUT2D eigenvalue weighted by atomic mass is 10.1. The lowest BCUT2D eigenvalue weighted by Crippen LogP contribution is -2.42. The molecule has 0 spiro atoms. The minimum Gasteiger partial charge on any atom is -0.346 e. The van der Waals surface area contributed by atoms with E-state index in [2.05, 4.69) is 15.2 Å². The lowest BCUT2D eigenvalue weighted by molar-refractivity contribution is 0.0924. The number of hydrogen-bond donors (Lipinski definition) is 2. The van der Waals surface area contributed by atoms with Gasteiger partial charge in [0.05, 0.1) is 0 Å². The Morgan fingerprint density at radius 1 is 1.33 bits per heavy atom. The maximum atomic E-state index is 12.0. The van der Waals surface area contributed by atoms with E-state index in [0.29, 0.717) is 11.7 Å². The van der Waals surface area contributed by atoms with E-state index >= 15 is 0 Å². The Labute approximate surface area is 105 Å². The normalized spacial score (nSPS) is 27.1. The molecule has 2 aliphatic heterocycles. The number of nitrogens with one attached hydrogen (secondary N) is 2. The van der Waals surface area contributed by atoms with Crippen molar-refractivity contribution in [3.63, 3.8) is 0 Å². The first kappa shape index (κ1) is 11.5. The number of fused-ring (bicyclic) bond motifs is 1. The van der Waals surface area contributed by atoms with Crippen molar-refractivity contribution in [2.75, 3.05) is 13.1 Å². The average Bonchev–Trinajstić information content (AvgIpc) is 2.94. The van der Waals surface area contributed by atoms with E-state index in [-0.39, 0.29) is 17.5 Å². The summed E-state index contributed by atoms with van der Waals surface area (Å²) in [6, 6.07) is 5.36. The van der Waals surface area contributed by atoms with Gasteiger partial charge < -0.3 is 10.3 Å². The van der Waals surface area contributed by atoms with Crippen molar-refractivity contribution < 1.29 is 4.79 Å². The van der Waals surface area contributed by atoms with Crippen LogP contribution in [0, 0.1) is 0 Å². The highest BCUT2D eigenvalue weighted by Gasteiger charge is 2.37. The second-order valence-corrected chi connectivity index (χ2v) is 5.04. The second-order valence-electron chi connectivity index (χ2n) is 5.04. The summed E-state index contributed by atoms with van der Waals surface area (Å²) in [6.45, 7) is 2.22. The zero-order valence-electron chi connectivity index (χ0n) is 10.2. The van der Waals surface area contributed by atoms with Crippen molar-refractivity contribution in [2.45, 2.75) is 31.3 Å². The molecule has 1 aromatic heterocycles. The number of aromatic amines is 1. The lowest BCUT2D eigenvalue weighted by Gasteiger charge is -2.21. The standard InChI is InChI=1S/C13H17N3O2/c17-12-5-1-3-10(14-12)13(18)15-9-6-8-16-7-2-4-11(9)16/h1,3,5,9,11H,2,4,6-8H2,(H,14,17)(H,15,18). The van der Waals surface area contributed by atoms with Gasteiger partial charge in [-0.05, 0) is 31.9 Å². The summed E-state index contributed by atoms with van der Waals surface area (Å²) < 4.78 is 0. The summed E-state index contributed by atoms with van der Waals surface area (Å²) in [7, 11) is 0. The SMILES string of the molecule is O=C(NC1CCN2CCCC12)c1cccc(=O)[nH]1. The molecule has 2 unspecified atom stereocenters. The predicted octanol–water partition coefficient (Wildman–Crippen LogP) is 0.341. The molecule has 2 saturated heterocycles. The molecular formula is C13H17N3O2. The van der Waals surface area contributed by atoms with Crippen LogP contribution in [-0.4, -0.2) is 41.0 Å². The molecule has 5 heteroatoms. The van der Waals surface area contributed by atoms with Gasteiger partial charge in [-0.3, -0.25) is 14.5 Å². The Morgan fingerprint density at radius 3 is 3.06 bits per heavy atom. The van der Waals surface area contributed by atoms with Crippen molar-refractivity contribution in [2.24, 2.45) is 0 Å². The fraction of sp³-hybridized carbons (Fsp3) is 0.538. The number of pyridine rings is 1. The summed E-state index contributed by atoms with van der Waals surface area (Å²) in [5, 5.41) is 3.04. The minimum absolute atomic E-state index is 0.175. The quantitative estimate of drug-likeness (QED) is 0.792. The van der Waals surface area contributed by atoms with Crippen molar-refractivity contribution in [1.82, 2.24) is 15.2 Å². The molecule has 1 amide bonds. The molecule has 5 nitrogen and oxygen atoms in total. The van der Waals surface area contributed by atoms with Crippen molar-refractivity contribution >= 4 is 5.91 Å². The van der Waals surface area contributed by atoms with Crippen molar-refractivity contribution in [1.29, 1.82) is 0 Å². The van der Waals surface area contributed by atoms with Crippen molar-refractivity contribution in [3.05, 3.63) is 34.2 Å². The van der Waals surface area contributed by atoms with E-state index in [1.54, 1.807) is 12.1 Å². The molecule has 0 bridgehead atoms. The van der Waals surface area contributed by atoms with Crippen LogP contribution in [0.25, 0.3) is 0 Å². The fourth-order valence-corrected chi connectivity index (χ4v) is 3.08. The summed E-state index contributed by atoms with van der Waals surface area (Å²) in [4.78, 5) is 28.2. The minimum atomic E-state index is -0.239. The van der Waals surface area contributed by atoms with Gasteiger partial charge in [-0.25, -0.2) is 0 Å². The Morgan fingerprint density at radius 2 is 2.22 bits per heavy atom. The number of H-pyrrole nitrogens is 1. The zero-order chi connectivity index (χ0) is 12.5. The molecule has 0 aromatic carbocycles. The first-order valence-corrected chi connectivity index (χ1v) is 6.48. The molecule has 1 aromatic rings. The maximum absolute atomic E-state index is 12.0. The van der Waals surface area contributed by atoms with Crippen LogP contribution in [0.3, 0.4) is 0 Å². The van der Waals surface area contributed by atoms with Crippen LogP contribution in [0.15, 0.2) is 23.0 Å². The fourth-order valence-electron chi connectivity index (χ4n) is 3.08. The van der Waals surface area contributed by atoms with Crippen LogP contribution in [0.2, 0.25) is 0 Å². The first-order chi connectivity index (χ1) is 8.74. The Bertz CT molecular complexity index is 511. The number of amides is 1. The van der Waals surface area contributed by atoms with Crippen LogP contribution in [0.4, 0.5) is 0 Å². The first-order valence-electron chi connectivity index (χ1n) is 6.48. The van der Waals surface area contributed by atoms with Crippen LogP contribution in [0.5, 0.6) is 0 Å². The molecule has 2 aliphatic rings. The topological polar surface area (TPSA) is 65.2 Å². The summed E-state index contributed by atoms with van der Waals surface area (Å²) in [5.74, 6) is -0.175. The van der Waals surface area contributed by atoms with Gasteiger partial charge in [-0.2, -0.15) is 0 Å². The molecule has 3 rings (SSSR count). The number of hydrogen-bond acceptors (Lipinski definition) is 3. The monoisotopic (exact) mass is 247 g/mol. The number of carbonyl (C=O) groups excluding carboxylic acids is 1. The predicted molar refractivity (Wildman–Crippen MR) is 67.5 cm³/mol. The van der Waals surface area contributed by atoms with E-state index in [9.17, 15) is 9.59 Å². The Balaban J connectivity index is 1.69. The zero-order valence-corrected chi connectivity index (χ0v) is 10.2. The van der Waals surface area contributed by atoms with Crippen LogP contribution in [-0.2, 0) is 0 Å². The van der Waals surface area contributed by atoms with E-state index in [1.807, 2.05) is 0 Å². The van der Waals surface area contributed by atoms with Gasteiger partial charge in [-0.1, -0.05) is 6.07 Å². The van der Waals surface area contributed by atoms with Gasteiger partial charge in [0.15, 0.2) is 0 Å². The molecule has 0 aliphatic carbocycles. The summed E-state index contributed by atoms with van der Waals surface area (Å²) in [5.41, 5.74) is 0.107. The molecule has 96 valence electrons. The third kappa shape index (κ3) is 2.06. The molecule has 0 saturated carbocycles. The third-order valence-electron chi connectivity index (χ3n) is 3.94. The van der Waals surface area contributed by atoms with E-state index in [1.165, 1.54) is 12.5 Å². The Kier molecular flexibility index (Phi) is 2.91. The van der Waals surface area contributed by atoms with Crippen LogP contribution in [0.1, 0.15) is 29.8 Å². The maximum Gasteiger partial charge on any atom is 0.268 e. The Hall–Kier alpha value is -1.62. The molecule has 2 atom stereocenters. The van der Waals surface area contributed by atoms with Gasteiger partial charge in [0, 0.05) is 24.7 Å². The number of aromatic nitrogens is 1. The third-order valence-corrected chi connectivity index (χ3v) is 3.94. The highest BCUT2D eigenvalue weighted by molar-refractivity contribution is 5.92. The van der Waals surface area contributed by atoms with Gasteiger partial charge in [-0.15, -0.1) is 0 Å². The van der Waals surface area contributed by atoms with Crippen LogP contribution >= 0.6 is 0 Å². The van der Waals surface area contributed by atoms with Gasteiger partial charge in [0.2, 0.25) is 5.56 Å². The van der Waals surface area contributed by atoms with Gasteiger partial charge >= 0.3 is 0 Å². The molecule has 2 fully saturated rings. The number of rotatable bonds is 2. The largest absolute Gasteiger partial charge is 0.346 e. The molecule has 0 radical (unpaired) electrons. The average molecular weight is 247 g/mol. The molecular weight excluding hydrogens is 230 g/mol. The summed E-state index contributed by atoms with van der Waals surface area (Å²) >= 11 is 0. The second kappa shape index (κ2) is 4.57. The number of carbonyl (C=O) groups is 1. The highest BCUT2D eigenvalue weighted by Crippen LogP contribution is 2.27. The van der Waals surface area contributed by atoms with E-state index < -0.39 is 0 Å². The molecule has 3 heterocycles. The number of nitrogens with zero attached hydrogens (tertiary/aromatic N) is 1. The van der Waals surface area contributed by atoms with Gasteiger partial charge in [0.25, 0.3) is 5.91 Å². The highest BCUT2D eigenvalue weighted by atomic mass is 16.2. The van der Waals surface area contributed by atoms with E-state index in [4.69, 9.17) is 0 Å². The molecule has 2 N–H and O–H groups in total. The smallest absolute Gasteiger partial charge is 0.268 e. The molecule has 18 heavy (non-hydrogen) atoms. The van der Waals surface area contributed by atoms with E-state index in [0.717, 1.165) is 25.9 Å². The van der Waals surface area contributed by atoms with Crippen LogP contribution < -0.4 is 10.9 Å². The summed E-state index contributed by atoms with van der Waals surface area (Å²) in [6.07, 6.45) is 3.39.